The summed E-state index contributed by atoms with van der Waals surface area (Å²) in [6.45, 7) is 0. The Balaban J connectivity index is 3.00. The Morgan fingerprint density at radius 3 is 2.35 bits per heavy atom. The zero-order valence-corrected chi connectivity index (χ0v) is 11.5. The molecule has 1 rings (SSSR count). The van der Waals surface area contributed by atoms with Crippen LogP contribution in [0.4, 0.5) is 0 Å². The van der Waals surface area contributed by atoms with Crippen molar-refractivity contribution in [3.8, 4) is 17.2 Å². The summed E-state index contributed by atoms with van der Waals surface area (Å²) in [5, 5.41) is 0. The van der Waals surface area contributed by atoms with Crippen LogP contribution in [-0.4, -0.2) is 26.9 Å². The Hall–Kier alpha value is -1.01. The predicted molar refractivity (Wildman–Crippen MR) is 71.7 cm³/mol. The van der Waals surface area contributed by atoms with Crippen LogP contribution < -0.4 is 14.2 Å². The molecule has 0 heterocycles. The van der Waals surface area contributed by atoms with E-state index in [0.717, 1.165) is 22.0 Å². The average Bonchev–Trinajstić information content (AvgIpc) is 2.38. The fourth-order valence-electron chi connectivity index (χ4n) is 1.40. The lowest BCUT2D eigenvalue weighted by Gasteiger charge is -2.15. The number of carbonyl (C=O) groups is 1. The zero-order valence-electron chi connectivity index (χ0n) is 9.89. The van der Waals surface area contributed by atoms with Gasteiger partial charge in [0, 0.05) is 11.3 Å². The van der Waals surface area contributed by atoms with Crippen LogP contribution in [0.2, 0.25) is 0 Å². The number of hydrogen-bond donors (Lipinski definition) is 0. The Morgan fingerprint density at radius 2 is 1.82 bits per heavy atom. The lowest BCUT2D eigenvalue weighted by molar-refractivity contribution is 0.323. The Morgan fingerprint density at radius 1 is 1.12 bits per heavy atom. The smallest absolute Gasteiger partial charge is 0.203 e. The first-order chi connectivity index (χ1) is 8.28. The van der Waals surface area contributed by atoms with Gasteiger partial charge in [0.25, 0.3) is 0 Å². The fraction of sp³-hybridized carbons (Fsp3) is 0.364. The molecule has 0 aromatic heterocycles. The topological polar surface area (TPSA) is 44.8 Å². The monoisotopic (exact) mass is 274 g/mol. The van der Waals surface area contributed by atoms with E-state index in [2.05, 4.69) is 0 Å². The lowest BCUT2D eigenvalue weighted by Crippen LogP contribution is -1.97. The first-order valence-electron chi connectivity index (χ1n) is 4.78. The number of hydrogen-bond acceptors (Lipinski definition) is 6. The van der Waals surface area contributed by atoms with Crippen LogP contribution in [-0.2, 0) is 10.5 Å². The van der Waals surface area contributed by atoms with Crippen molar-refractivity contribution in [3.63, 3.8) is 0 Å². The van der Waals surface area contributed by atoms with Gasteiger partial charge in [-0.3, -0.25) is 4.79 Å². The molecule has 17 heavy (non-hydrogen) atoms. The third-order valence-corrected chi connectivity index (χ3v) is 3.75. The van der Waals surface area contributed by atoms with E-state index < -0.39 is 0 Å². The highest BCUT2D eigenvalue weighted by Crippen LogP contribution is 2.41. The van der Waals surface area contributed by atoms with E-state index in [0.29, 0.717) is 23.0 Å². The highest BCUT2D eigenvalue weighted by molar-refractivity contribution is 8.81. The van der Waals surface area contributed by atoms with Crippen molar-refractivity contribution in [1.82, 2.24) is 0 Å². The van der Waals surface area contributed by atoms with Crippen LogP contribution in [0, 0.1) is 0 Å². The molecule has 0 bridgehead atoms. The molecular weight excluding hydrogens is 260 g/mol. The van der Waals surface area contributed by atoms with Gasteiger partial charge in [-0.1, -0.05) is 16.9 Å². The molecule has 1 aromatic rings. The summed E-state index contributed by atoms with van der Waals surface area (Å²) >= 11 is 0. The van der Waals surface area contributed by atoms with Crippen molar-refractivity contribution < 1.29 is 19.0 Å². The summed E-state index contributed by atoms with van der Waals surface area (Å²) in [4.78, 5) is 10.2. The molecular formula is C11H14O4S2. The molecule has 1 aromatic carbocycles. The lowest BCUT2D eigenvalue weighted by atomic mass is 10.2. The minimum atomic E-state index is 0.573. The quantitative estimate of drug-likeness (QED) is 0.433. The third kappa shape index (κ3) is 3.47. The number of benzene rings is 1. The highest BCUT2D eigenvalue weighted by Gasteiger charge is 2.15. The Kier molecular flexibility index (Phi) is 6.07. The Labute approximate surface area is 108 Å². The van der Waals surface area contributed by atoms with Crippen LogP contribution >= 0.6 is 21.6 Å². The summed E-state index contributed by atoms with van der Waals surface area (Å²) < 4.78 is 15.8. The van der Waals surface area contributed by atoms with Gasteiger partial charge in [0.15, 0.2) is 17.1 Å². The van der Waals surface area contributed by atoms with Crippen LogP contribution in [0.5, 0.6) is 17.2 Å². The van der Waals surface area contributed by atoms with E-state index in [1.54, 1.807) is 21.3 Å². The van der Waals surface area contributed by atoms with E-state index >= 15 is 0 Å². The molecule has 0 aliphatic carbocycles. The van der Waals surface area contributed by atoms with Crippen molar-refractivity contribution in [3.05, 3.63) is 17.7 Å². The van der Waals surface area contributed by atoms with Crippen molar-refractivity contribution in [2.45, 2.75) is 5.75 Å². The van der Waals surface area contributed by atoms with Gasteiger partial charge in [-0.25, -0.2) is 0 Å². The second kappa shape index (κ2) is 7.34. The van der Waals surface area contributed by atoms with Gasteiger partial charge in [0.2, 0.25) is 5.75 Å². The van der Waals surface area contributed by atoms with E-state index in [1.807, 2.05) is 12.1 Å². The largest absolute Gasteiger partial charge is 0.493 e. The van der Waals surface area contributed by atoms with E-state index in [1.165, 1.54) is 10.8 Å². The molecule has 0 fully saturated rings. The van der Waals surface area contributed by atoms with E-state index in [9.17, 15) is 4.79 Å². The van der Waals surface area contributed by atoms with E-state index in [-0.39, 0.29) is 0 Å². The molecule has 4 nitrogen and oxygen atoms in total. The van der Waals surface area contributed by atoms with Gasteiger partial charge in [0.1, 0.15) is 0 Å². The van der Waals surface area contributed by atoms with Gasteiger partial charge < -0.3 is 14.2 Å². The third-order valence-electron chi connectivity index (χ3n) is 2.11. The number of methoxy groups -OCH3 is 3. The molecule has 0 amide bonds. The maximum absolute atomic E-state index is 10.2. The fourth-order valence-corrected chi connectivity index (χ4v) is 2.63. The van der Waals surface area contributed by atoms with Gasteiger partial charge in [0.05, 0.1) is 21.3 Å². The van der Waals surface area contributed by atoms with Crippen LogP contribution in [0.15, 0.2) is 12.1 Å². The SMILES string of the molecule is COc1ccc(CSSC=O)c(OC)c1OC. The molecule has 0 atom stereocenters. The molecule has 94 valence electrons. The zero-order chi connectivity index (χ0) is 12.7. The van der Waals surface area contributed by atoms with Crippen LogP contribution in [0.3, 0.4) is 0 Å². The molecule has 0 radical (unpaired) electrons. The van der Waals surface area contributed by atoms with E-state index in [4.69, 9.17) is 14.2 Å². The second-order valence-electron chi connectivity index (χ2n) is 2.95. The second-order valence-corrected chi connectivity index (χ2v) is 5.14. The first kappa shape index (κ1) is 14.1. The summed E-state index contributed by atoms with van der Waals surface area (Å²) in [5.74, 6) is 2.50. The summed E-state index contributed by atoms with van der Waals surface area (Å²) in [6, 6.07) is 3.72. The number of ether oxygens (including phenoxy) is 3. The van der Waals surface area contributed by atoms with Crippen LogP contribution in [0.1, 0.15) is 5.56 Å². The minimum absolute atomic E-state index is 0.573. The van der Waals surface area contributed by atoms with Crippen LogP contribution in [0.25, 0.3) is 0 Å². The predicted octanol–water partition coefficient (Wildman–Crippen LogP) is 2.78. The standard InChI is InChI=1S/C11H14O4S2/c1-13-9-5-4-8(6-16-17-7-12)10(14-2)11(9)15-3/h4-5,7H,6H2,1-3H3. The molecule has 0 aliphatic rings. The summed E-state index contributed by atoms with van der Waals surface area (Å²) in [6.07, 6.45) is 0. The Bertz CT molecular complexity index is 382. The molecule has 6 heteroatoms. The van der Waals surface area contributed by atoms with Crippen molar-refractivity contribution >= 4 is 27.2 Å². The molecule has 0 saturated heterocycles. The van der Waals surface area contributed by atoms with Gasteiger partial charge in [-0.2, -0.15) is 0 Å². The normalized spacial score (nSPS) is 9.82. The van der Waals surface area contributed by atoms with Gasteiger partial charge in [-0.05, 0) is 16.9 Å². The molecule has 0 saturated carbocycles. The van der Waals surface area contributed by atoms with Crippen molar-refractivity contribution in [2.75, 3.05) is 21.3 Å². The molecule has 0 spiro atoms. The summed E-state index contributed by atoms with van der Waals surface area (Å²) in [5.41, 5.74) is 1.77. The average molecular weight is 274 g/mol. The minimum Gasteiger partial charge on any atom is -0.493 e. The van der Waals surface area contributed by atoms with Gasteiger partial charge in [-0.15, -0.1) is 0 Å². The number of carbonyl (C=O) groups excluding carboxylic acids is 1. The summed E-state index contributed by atoms with van der Waals surface area (Å²) in [7, 11) is 7.32. The maximum atomic E-state index is 10.2. The maximum Gasteiger partial charge on any atom is 0.203 e. The van der Waals surface area contributed by atoms with Gasteiger partial charge >= 0.3 is 0 Å². The molecule has 0 N–H and O–H groups in total. The first-order valence-corrected chi connectivity index (χ1v) is 7.16. The highest BCUT2D eigenvalue weighted by atomic mass is 33.1. The molecule has 0 aliphatic heterocycles. The van der Waals surface area contributed by atoms with Crippen molar-refractivity contribution in [2.24, 2.45) is 0 Å². The molecule has 0 unspecified atom stereocenters. The number of rotatable bonds is 7. The van der Waals surface area contributed by atoms with Crippen molar-refractivity contribution in [1.29, 1.82) is 0 Å².